The Morgan fingerprint density at radius 1 is 1.04 bits per heavy atom. The van der Waals surface area contributed by atoms with E-state index >= 15 is 0 Å². The van der Waals surface area contributed by atoms with Gasteiger partial charge in [-0.05, 0) is 41.1 Å². The molecule has 8 heteroatoms. The largest absolute Gasteiger partial charge is 0.304 e. The topological polar surface area (TPSA) is 63.0 Å². The monoisotopic (exact) mass is 381 g/mol. The van der Waals surface area contributed by atoms with Gasteiger partial charge in [-0.2, -0.15) is 4.39 Å². The lowest BCUT2D eigenvalue weighted by molar-refractivity contribution is 0.121. The van der Waals surface area contributed by atoms with Gasteiger partial charge in [0.05, 0.1) is 6.04 Å². The summed E-state index contributed by atoms with van der Waals surface area (Å²) in [5.41, 5.74) is 2.14. The third kappa shape index (κ3) is 4.23. The molecule has 4 rings (SSSR count). The zero-order chi connectivity index (χ0) is 19.3. The zero-order valence-electron chi connectivity index (χ0n) is 15.9. The van der Waals surface area contributed by atoms with Gasteiger partial charge in [-0.15, -0.1) is 5.10 Å². The Hall–Kier alpha value is -2.71. The summed E-state index contributed by atoms with van der Waals surface area (Å²) in [6.45, 7) is 4.41. The number of rotatable bonds is 6. The first-order valence-electron chi connectivity index (χ1n) is 9.55. The summed E-state index contributed by atoms with van der Waals surface area (Å²) in [5, 5.41) is 12.5. The van der Waals surface area contributed by atoms with E-state index in [-0.39, 0.29) is 6.04 Å². The molecule has 0 bridgehead atoms. The van der Waals surface area contributed by atoms with E-state index in [9.17, 15) is 4.39 Å². The molecule has 28 heavy (non-hydrogen) atoms. The second-order valence-corrected chi connectivity index (χ2v) is 7.15. The molecule has 1 fully saturated rings. The standard InChI is InChI=1S/C20H24FN7/c1-26-11-13-27(14-12-26)19(17-7-8-18(21)22-15-17)20-23-24-25-28(20)10-9-16-5-3-2-4-6-16/h2-8,15,19H,9-14H2,1H3. The van der Waals surface area contributed by atoms with Gasteiger partial charge < -0.3 is 4.90 Å². The van der Waals surface area contributed by atoms with Crippen molar-refractivity contribution in [2.24, 2.45) is 0 Å². The maximum atomic E-state index is 13.4. The molecule has 1 saturated heterocycles. The van der Waals surface area contributed by atoms with Crippen LogP contribution in [-0.2, 0) is 13.0 Å². The molecule has 146 valence electrons. The fraction of sp³-hybridized carbons (Fsp3) is 0.400. The second kappa shape index (κ2) is 8.53. The van der Waals surface area contributed by atoms with Gasteiger partial charge in [-0.25, -0.2) is 9.67 Å². The van der Waals surface area contributed by atoms with E-state index in [1.807, 2.05) is 22.9 Å². The molecule has 7 nitrogen and oxygen atoms in total. The van der Waals surface area contributed by atoms with Crippen molar-refractivity contribution in [2.75, 3.05) is 33.2 Å². The maximum Gasteiger partial charge on any atom is 0.212 e. The summed E-state index contributed by atoms with van der Waals surface area (Å²) in [4.78, 5) is 8.51. The molecule has 3 heterocycles. The number of aryl methyl sites for hydroxylation is 2. The number of halogens is 1. The minimum Gasteiger partial charge on any atom is -0.304 e. The average Bonchev–Trinajstić information content (AvgIpc) is 3.18. The minimum atomic E-state index is -0.482. The predicted molar refractivity (Wildman–Crippen MR) is 103 cm³/mol. The van der Waals surface area contributed by atoms with Crippen LogP contribution in [0.15, 0.2) is 48.7 Å². The predicted octanol–water partition coefficient (Wildman–Crippen LogP) is 1.79. The SMILES string of the molecule is CN1CCN(C(c2ccc(F)nc2)c2nnnn2CCc2ccccc2)CC1. The van der Waals surface area contributed by atoms with Crippen molar-refractivity contribution in [1.29, 1.82) is 0 Å². The van der Waals surface area contributed by atoms with Crippen molar-refractivity contribution in [3.05, 3.63) is 71.6 Å². The highest BCUT2D eigenvalue weighted by Crippen LogP contribution is 2.27. The number of hydrogen-bond donors (Lipinski definition) is 0. The van der Waals surface area contributed by atoms with Crippen LogP contribution >= 0.6 is 0 Å². The summed E-state index contributed by atoms with van der Waals surface area (Å²) in [6, 6.07) is 13.3. The molecule has 2 aromatic heterocycles. The van der Waals surface area contributed by atoms with Crippen LogP contribution in [0.25, 0.3) is 0 Å². The highest BCUT2D eigenvalue weighted by atomic mass is 19.1. The van der Waals surface area contributed by atoms with Crippen LogP contribution in [0.5, 0.6) is 0 Å². The van der Waals surface area contributed by atoms with Crippen molar-refractivity contribution in [1.82, 2.24) is 35.0 Å². The first-order chi connectivity index (χ1) is 13.7. The normalized spacial score (nSPS) is 16.9. The van der Waals surface area contributed by atoms with E-state index in [0.717, 1.165) is 44.0 Å². The average molecular weight is 381 g/mol. The van der Waals surface area contributed by atoms with E-state index in [2.05, 4.69) is 49.5 Å². The van der Waals surface area contributed by atoms with Crippen molar-refractivity contribution in [3.8, 4) is 0 Å². The van der Waals surface area contributed by atoms with Crippen molar-refractivity contribution in [2.45, 2.75) is 19.0 Å². The molecular formula is C20H24FN7. The van der Waals surface area contributed by atoms with Gasteiger partial charge in [0.15, 0.2) is 5.82 Å². The fourth-order valence-electron chi connectivity index (χ4n) is 3.60. The molecule has 0 aliphatic carbocycles. The number of likely N-dealkylation sites (N-methyl/N-ethyl adjacent to an activating group) is 1. The highest BCUT2D eigenvalue weighted by Gasteiger charge is 2.30. The Kier molecular flexibility index (Phi) is 5.68. The second-order valence-electron chi connectivity index (χ2n) is 7.15. The number of pyridine rings is 1. The van der Waals surface area contributed by atoms with Crippen LogP contribution in [-0.4, -0.2) is 68.2 Å². The van der Waals surface area contributed by atoms with Crippen LogP contribution < -0.4 is 0 Å². The molecule has 1 atom stereocenters. The highest BCUT2D eigenvalue weighted by molar-refractivity contribution is 5.22. The van der Waals surface area contributed by atoms with E-state index in [0.29, 0.717) is 6.54 Å². The molecule has 0 spiro atoms. The van der Waals surface area contributed by atoms with Crippen molar-refractivity contribution in [3.63, 3.8) is 0 Å². The number of aromatic nitrogens is 5. The zero-order valence-corrected chi connectivity index (χ0v) is 15.9. The summed E-state index contributed by atoms with van der Waals surface area (Å²) >= 11 is 0. The molecular weight excluding hydrogens is 357 g/mol. The quantitative estimate of drug-likeness (QED) is 0.607. The molecule has 1 aliphatic rings. The van der Waals surface area contributed by atoms with Crippen LogP contribution in [0.1, 0.15) is 23.0 Å². The van der Waals surface area contributed by atoms with Crippen LogP contribution in [0.4, 0.5) is 4.39 Å². The Labute approximate surface area is 163 Å². The lowest BCUT2D eigenvalue weighted by atomic mass is 10.1. The van der Waals surface area contributed by atoms with Gasteiger partial charge >= 0.3 is 0 Å². The Bertz CT molecular complexity index is 873. The van der Waals surface area contributed by atoms with Gasteiger partial charge in [0.25, 0.3) is 0 Å². The van der Waals surface area contributed by atoms with Gasteiger partial charge in [-0.3, -0.25) is 4.90 Å². The van der Waals surface area contributed by atoms with Crippen LogP contribution in [0.3, 0.4) is 0 Å². The number of hydrogen-bond acceptors (Lipinski definition) is 6. The smallest absolute Gasteiger partial charge is 0.212 e. The molecule has 1 aliphatic heterocycles. The first kappa shape index (κ1) is 18.6. The number of piperazine rings is 1. The third-order valence-electron chi connectivity index (χ3n) is 5.23. The number of nitrogens with zero attached hydrogens (tertiary/aromatic N) is 7. The van der Waals surface area contributed by atoms with Crippen molar-refractivity contribution < 1.29 is 4.39 Å². The van der Waals surface area contributed by atoms with Gasteiger partial charge in [0.2, 0.25) is 5.95 Å². The lowest BCUT2D eigenvalue weighted by Crippen LogP contribution is -2.46. The Morgan fingerprint density at radius 3 is 2.54 bits per heavy atom. The Balaban J connectivity index is 1.61. The molecule has 0 radical (unpaired) electrons. The summed E-state index contributed by atoms with van der Waals surface area (Å²) in [5.74, 6) is 0.290. The number of benzene rings is 1. The molecule has 0 amide bonds. The third-order valence-corrected chi connectivity index (χ3v) is 5.23. The molecule has 1 unspecified atom stereocenters. The fourth-order valence-corrected chi connectivity index (χ4v) is 3.60. The van der Waals surface area contributed by atoms with Crippen LogP contribution in [0, 0.1) is 5.95 Å². The summed E-state index contributed by atoms with van der Waals surface area (Å²) < 4.78 is 15.3. The van der Waals surface area contributed by atoms with Gasteiger partial charge in [0, 0.05) is 38.9 Å². The van der Waals surface area contributed by atoms with E-state index in [4.69, 9.17) is 0 Å². The number of tetrazole rings is 1. The van der Waals surface area contributed by atoms with Gasteiger partial charge in [-0.1, -0.05) is 36.4 Å². The van der Waals surface area contributed by atoms with E-state index in [1.54, 1.807) is 12.3 Å². The molecule has 0 saturated carbocycles. The van der Waals surface area contributed by atoms with E-state index in [1.165, 1.54) is 11.6 Å². The molecule has 1 aromatic carbocycles. The lowest BCUT2D eigenvalue weighted by Gasteiger charge is -2.37. The van der Waals surface area contributed by atoms with Gasteiger partial charge in [0.1, 0.15) is 0 Å². The summed E-state index contributed by atoms with van der Waals surface area (Å²) in [7, 11) is 2.12. The Morgan fingerprint density at radius 2 is 1.82 bits per heavy atom. The molecule has 0 N–H and O–H groups in total. The summed E-state index contributed by atoms with van der Waals surface area (Å²) in [6.07, 6.45) is 2.44. The van der Waals surface area contributed by atoms with Crippen LogP contribution in [0.2, 0.25) is 0 Å². The minimum absolute atomic E-state index is 0.146. The molecule has 3 aromatic rings. The first-order valence-corrected chi connectivity index (χ1v) is 9.55. The van der Waals surface area contributed by atoms with Crippen molar-refractivity contribution >= 4 is 0 Å². The van der Waals surface area contributed by atoms with E-state index < -0.39 is 5.95 Å². The maximum absolute atomic E-state index is 13.4.